The van der Waals surface area contributed by atoms with E-state index in [9.17, 15) is 9.59 Å². The Kier molecular flexibility index (Phi) is 5.02. The summed E-state index contributed by atoms with van der Waals surface area (Å²) in [5.41, 5.74) is 2.00. The number of hydrogen-bond acceptors (Lipinski definition) is 4. The van der Waals surface area contributed by atoms with Gasteiger partial charge in [0.25, 0.3) is 0 Å². The van der Waals surface area contributed by atoms with Crippen LogP contribution < -0.4 is 10.6 Å². The van der Waals surface area contributed by atoms with E-state index >= 15 is 0 Å². The molecule has 5 nitrogen and oxygen atoms in total. The predicted octanol–water partition coefficient (Wildman–Crippen LogP) is 2.14. The molecule has 1 aromatic heterocycles. The second-order valence-corrected chi connectivity index (χ2v) is 6.49. The maximum atomic E-state index is 11.8. The van der Waals surface area contributed by atoms with Gasteiger partial charge in [0.2, 0.25) is 11.8 Å². The van der Waals surface area contributed by atoms with Crippen LogP contribution >= 0.6 is 11.3 Å². The number of amides is 2. The van der Waals surface area contributed by atoms with E-state index in [4.69, 9.17) is 0 Å². The zero-order valence-electron chi connectivity index (χ0n) is 12.7. The molecule has 6 heteroatoms. The van der Waals surface area contributed by atoms with Crippen molar-refractivity contribution in [2.75, 3.05) is 6.54 Å². The Bertz CT molecular complexity index is 680. The number of thiazole rings is 1. The first-order valence-corrected chi connectivity index (χ1v) is 8.64. The molecule has 2 N–H and O–H groups in total. The summed E-state index contributed by atoms with van der Waals surface area (Å²) < 4.78 is 0. The highest BCUT2D eigenvalue weighted by molar-refractivity contribution is 7.13. The molecule has 1 heterocycles. The Labute approximate surface area is 139 Å². The number of carbonyl (C=O) groups is 2. The molecule has 0 saturated heterocycles. The first kappa shape index (κ1) is 15.7. The summed E-state index contributed by atoms with van der Waals surface area (Å²) in [4.78, 5) is 27.8. The maximum Gasteiger partial charge on any atom is 0.239 e. The van der Waals surface area contributed by atoms with Crippen molar-refractivity contribution in [3.63, 3.8) is 0 Å². The fraction of sp³-hybridized carbons (Fsp3) is 0.353. The molecule has 0 aliphatic heterocycles. The van der Waals surface area contributed by atoms with Crippen molar-refractivity contribution in [1.29, 1.82) is 0 Å². The van der Waals surface area contributed by atoms with E-state index in [2.05, 4.69) is 15.6 Å². The number of nitrogens with zero attached hydrogens (tertiary/aromatic N) is 1. The molecule has 0 unspecified atom stereocenters. The number of nitrogens with one attached hydrogen (secondary N) is 2. The summed E-state index contributed by atoms with van der Waals surface area (Å²) in [5, 5.41) is 8.43. The van der Waals surface area contributed by atoms with E-state index in [1.165, 1.54) is 0 Å². The fourth-order valence-corrected chi connectivity index (χ4v) is 3.01. The number of rotatable bonds is 7. The molecule has 0 atom stereocenters. The third-order valence-electron chi connectivity index (χ3n) is 3.57. The lowest BCUT2D eigenvalue weighted by Crippen LogP contribution is -2.37. The van der Waals surface area contributed by atoms with Crippen LogP contribution in [0, 0.1) is 0 Å². The summed E-state index contributed by atoms with van der Waals surface area (Å²) >= 11 is 1.58. The van der Waals surface area contributed by atoms with Gasteiger partial charge in [0, 0.05) is 23.4 Å². The lowest BCUT2D eigenvalue weighted by atomic mass is 10.2. The van der Waals surface area contributed by atoms with Gasteiger partial charge >= 0.3 is 0 Å². The van der Waals surface area contributed by atoms with Crippen LogP contribution in [-0.4, -0.2) is 29.4 Å². The van der Waals surface area contributed by atoms with E-state index in [0.717, 1.165) is 29.1 Å². The first-order valence-electron chi connectivity index (χ1n) is 7.76. The van der Waals surface area contributed by atoms with Crippen molar-refractivity contribution < 1.29 is 9.59 Å². The maximum absolute atomic E-state index is 11.8. The molecule has 1 aliphatic carbocycles. The molecular formula is C17H19N3O2S. The van der Waals surface area contributed by atoms with Crippen molar-refractivity contribution in [3.05, 3.63) is 41.4 Å². The van der Waals surface area contributed by atoms with Gasteiger partial charge in [-0.2, -0.15) is 0 Å². The van der Waals surface area contributed by atoms with Crippen LogP contribution in [0.15, 0.2) is 35.7 Å². The molecule has 0 radical (unpaired) electrons. The summed E-state index contributed by atoms with van der Waals surface area (Å²) in [7, 11) is 0. The van der Waals surface area contributed by atoms with Gasteiger partial charge < -0.3 is 10.6 Å². The van der Waals surface area contributed by atoms with Crippen LogP contribution in [0.25, 0.3) is 10.6 Å². The number of hydrogen-bond donors (Lipinski definition) is 2. The predicted molar refractivity (Wildman–Crippen MR) is 90.0 cm³/mol. The van der Waals surface area contributed by atoms with Gasteiger partial charge in [0.05, 0.1) is 12.2 Å². The zero-order chi connectivity index (χ0) is 16.1. The van der Waals surface area contributed by atoms with Crippen LogP contribution in [0.4, 0.5) is 0 Å². The Balaban J connectivity index is 1.42. The molecule has 1 aromatic carbocycles. The quantitative estimate of drug-likeness (QED) is 0.817. The van der Waals surface area contributed by atoms with Gasteiger partial charge in [-0.15, -0.1) is 11.3 Å². The minimum absolute atomic E-state index is 0.0572. The molecule has 0 bridgehead atoms. The van der Waals surface area contributed by atoms with Crippen molar-refractivity contribution >= 4 is 23.2 Å². The monoisotopic (exact) mass is 329 g/mol. The fourth-order valence-electron chi connectivity index (χ4n) is 2.15. The third kappa shape index (κ3) is 4.89. The van der Waals surface area contributed by atoms with Crippen molar-refractivity contribution in [2.45, 2.75) is 31.7 Å². The first-order chi connectivity index (χ1) is 11.2. The van der Waals surface area contributed by atoms with Gasteiger partial charge in [-0.3, -0.25) is 9.59 Å². The highest BCUT2D eigenvalue weighted by atomic mass is 32.1. The Hall–Kier alpha value is -2.21. The topological polar surface area (TPSA) is 71.1 Å². The van der Waals surface area contributed by atoms with E-state index in [-0.39, 0.29) is 18.4 Å². The van der Waals surface area contributed by atoms with Gasteiger partial charge in [-0.05, 0) is 19.3 Å². The van der Waals surface area contributed by atoms with E-state index in [1.807, 2.05) is 35.7 Å². The smallest absolute Gasteiger partial charge is 0.239 e. The Morgan fingerprint density at radius 3 is 2.70 bits per heavy atom. The molecule has 1 fully saturated rings. The summed E-state index contributed by atoms with van der Waals surface area (Å²) in [6.45, 7) is 0.0572. The van der Waals surface area contributed by atoms with Crippen LogP contribution in [0.2, 0.25) is 0 Å². The van der Waals surface area contributed by atoms with Crippen molar-refractivity contribution in [1.82, 2.24) is 15.6 Å². The lowest BCUT2D eigenvalue weighted by Gasteiger charge is -2.05. The average molecular weight is 329 g/mol. The summed E-state index contributed by atoms with van der Waals surface area (Å²) in [6, 6.07) is 10.3. The Morgan fingerprint density at radius 2 is 1.96 bits per heavy atom. The Morgan fingerprint density at radius 1 is 1.17 bits per heavy atom. The normalized spacial score (nSPS) is 13.6. The van der Waals surface area contributed by atoms with E-state index in [1.54, 1.807) is 11.3 Å². The molecule has 0 spiro atoms. The minimum atomic E-state index is -0.120. The number of aryl methyl sites for hydroxylation is 1. The highest BCUT2D eigenvalue weighted by Crippen LogP contribution is 2.23. The molecule has 23 heavy (non-hydrogen) atoms. The molecule has 3 rings (SSSR count). The largest absolute Gasteiger partial charge is 0.352 e. The standard InChI is InChI=1S/C17H19N3O2S/c21-15(18-10-16(22)19-13-6-7-13)9-8-14-11-23-17(20-14)12-4-2-1-3-5-12/h1-5,11,13H,6-10H2,(H,18,21)(H,19,22). The lowest BCUT2D eigenvalue weighted by molar-refractivity contribution is -0.126. The van der Waals surface area contributed by atoms with Crippen LogP contribution in [-0.2, 0) is 16.0 Å². The highest BCUT2D eigenvalue weighted by Gasteiger charge is 2.23. The molecule has 2 aromatic rings. The van der Waals surface area contributed by atoms with E-state index < -0.39 is 0 Å². The van der Waals surface area contributed by atoms with Crippen LogP contribution in [0.3, 0.4) is 0 Å². The third-order valence-corrected chi connectivity index (χ3v) is 4.51. The van der Waals surface area contributed by atoms with Crippen LogP contribution in [0.5, 0.6) is 0 Å². The number of carbonyl (C=O) groups excluding carboxylic acids is 2. The summed E-state index contributed by atoms with van der Waals surface area (Å²) in [5.74, 6) is -0.230. The molecule has 1 saturated carbocycles. The van der Waals surface area contributed by atoms with Gasteiger partial charge in [0.1, 0.15) is 5.01 Å². The second-order valence-electron chi connectivity index (χ2n) is 5.63. The van der Waals surface area contributed by atoms with E-state index in [0.29, 0.717) is 18.9 Å². The number of benzene rings is 1. The van der Waals surface area contributed by atoms with Crippen LogP contribution in [0.1, 0.15) is 25.0 Å². The number of aromatic nitrogens is 1. The molecular weight excluding hydrogens is 310 g/mol. The van der Waals surface area contributed by atoms with Gasteiger partial charge in [-0.25, -0.2) is 4.98 Å². The van der Waals surface area contributed by atoms with Crippen molar-refractivity contribution in [2.24, 2.45) is 0 Å². The van der Waals surface area contributed by atoms with Crippen molar-refractivity contribution in [3.8, 4) is 10.6 Å². The minimum Gasteiger partial charge on any atom is -0.352 e. The molecule has 1 aliphatic rings. The average Bonchev–Trinajstić information content (AvgIpc) is 3.25. The molecule has 2 amide bonds. The van der Waals surface area contributed by atoms with Gasteiger partial charge in [-0.1, -0.05) is 30.3 Å². The molecule has 120 valence electrons. The second kappa shape index (κ2) is 7.37. The summed E-state index contributed by atoms with van der Waals surface area (Å²) in [6.07, 6.45) is 3.02. The van der Waals surface area contributed by atoms with Gasteiger partial charge in [0.15, 0.2) is 0 Å². The zero-order valence-corrected chi connectivity index (χ0v) is 13.6. The SMILES string of the molecule is O=C(CCc1csc(-c2ccccc2)n1)NCC(=O)NC1CC1.